The van der Waals surface area contributed by atoms with E-state index in [1.807, 2.05) is 42.5 Å². The molecule has 0 spiro atoms. The standard InChI is InChI=1S/C24H34N2O2S/c1-20(2)23-12-14-24(15-13-23)29(27,28)26(19-22-10-5-4-6-11-22)18-17-25-16-8-7-9-21(25)3/h4-6,10-15,20-21H,7-9,16-19H2,1-3H3. The number of rotatable bonds is 8. The summed E-state index contributed by atoms with van der Waals surface area (Å²) in [7, 11) is -3.55. The minimum absolute atomic E-state index is 0.379. The monoisotopic (exact) mass is 414 g/mol. The minimum atomic E-state index is -3.55. The van der Waals surface area contributed by atoms with Crippen LogP contribution in [-0.4, -0.2) is 43.3 Å². The van der Waals surface area contributed by atoms with Gasteiger partial charge in [-0.05, 0) is 55.5 Å². The SMILES string of the molecule is CC(C)c1ccc(S(=O)(=O)N(CCN2CCCCC2C)Cc2ccccc2)cc1. The predicted octanol–water partition coefficient (Wildman–Crippen LogP) is 4.88. The Balaban J connectivity index is 1.82. The molecule has 0 aliphatic carbocycles. The average molecular weight is 415 g/mol. The Kier molecular flexibility index (Phi) is 7.49. The maximum atomic E-state index is 13.5. The smallest absolute Gasteiger partial charge is 0.243 e. The van der Waals surface area contributed by atoms with E-state index < -0.39 is 10.0 Å². The third-order valence-corrected chi connectivity index (χ3v) is 7.82. The summed E-state index contributed by atoms with van der Waals surface area (Å²) in [5, 5.41) is 0. The quantitative estimate of drug-likeness (QED) is 0.618. The fraction of sp³-hybridized carbons (Fsp3) is 0.500. The molecule has 0 aromatic heterocycles. The van der Waals surface area contributed by atoms with Crippen molar-refractivity contribution in [3.63, 3.8) is 0 Å². The largest absolute Gasteiger partial charge is 0.299 e. The van der Waals surface area contributed by atoms with Crippen molar-refractivity contribution >= 4 is 10.0 Å². The molecule has 0 radical (unpaired) electrons. The Hall–Kier alpha value is -1.69. The van der Waals surface area contributed by atoms with Gasteiger partial charge in [0.1, 0.15) is 0 Å². The van der Waals surface area contributed by atoms with E-state index in [9.17, 15) is 8.42 Å². The van der Waals surface area contributed by atoms with Crippen LogP contribution in [0.25, 0.3) is 0 Å². The van der Waals surface area contributed by atoms with Gasteiger partial charge in [-0.1, -0.05) is 62.7 Å². The Morgan fingerprint density at radius 3 is 2.34 bits per heavy atom. The molecule has 0 bridgehead atoms. The summed E-state index contributed by atoms with van der Waals surface area (Å²) in [5.74, 6) is 0.382. The molecule has 0 saturated carbocycles. The fourth-order valence-corrected chi connectivity index (χ4v) is 5.39. The highest BCUT2D eigenvalue weighted by Crippen LogP contribution is 2.23. The van der Waals surface area contributed by atoms with Crippen LogP contribution in [-0.2, 0) is 16.6 Å². The van der Waals surface area contributed by atoms with Gasteiger partial charge in [0.15, 0.2) is 0 Å². The third kappa shape index (κ3) is 5.68. The molecular weight excluding hydrogens is 380 g/mol. The number of likely N-dealkylation sites (tertiary alicyclic amines) is 1. The Morgan fingerprint density at radius 2 is 1.72 bits per heavy atom. The van der Waals surface area contributed by atoms with Crippen LogP contribution < -0.4 is 0 Å². The van der Waals surface area contributed by atoms with Crippen molar-refractivity contribution in [2.24, 2.45) is 0 Å². The second kappa shape index (κ2) is 9.88. The van der Waals surface area contributed by atoms with Gasteiger partial charge in [-0.2, -0.15) is 4.31 Å². The van der Waals surface area contributed by atoms with Crippen LogP contribution in [0, 0.1) is 0 Å². The highest BCUT2D eigenvalue weighted by Gasteiger charge is 2.27. The second-order valence-corrected chi connectivity index (χ2v) is 10.4. The lowest BCUT2D eigenvalue weighted by molar-refractivity contribution is 0.151. The first-order chi connectivity index (χ1) is 13.9. The molecule has 1 fully saturated rings. The van der Waals surface area contributed by atoms with Crippen molar-refractivity contribution in [2.75, 3.05) is 19.6 Å². The topological polar surface area (TPSA) is 40.6 Å². The summed E-state index contributed by atoms with van der Waals surface area (Å²) in [6.45, 7) is 9.22. The number of benzene rings is 2. The van der Waals surface area contributed by atoms with E-state index in [1.165, 1.54) is 19.3 Å². The molecule has 29 heavy (non-hydrogen) atoms. The molecule has 1 atom stereocenters. The van der Waals surface area contributed by atoms with Crippen molar-refractivity contribution in [3.8, 4) is 0 Å². The summed E-state index contributed by atoms with van der Waals surface area (Å²) in [5.41, 5.74) is 2.17. The van der Waals surface area contributed by atoms with Crippen LogP contribution in [0.2, 0.25) is 0 Å². The van der Waals surface area contributed by atoms with Gasteiger partial charge in [0.2, 0.25) is 10.0 Å². The molecule has 1 heterocycles. The first kappa shape index (κ1) is 22.0. The molecule has 4 nitrogen and oxygen atoms in total. The first-order valence-electron chi connectivity index (χ1n) is 10.8. The van der Waals surface area contributed by atoms with Crippen LogP contribution in [0.15, 0.2) is 59.5 Å². The van der Waals surface area contributed by atoms with Gasteiger partial charge in [-0.25, -0.2) is 8.42 Å². The van der Waals surface area contributed by atoms with Crippen molar-refractivity contribution in [1.82, 2.24) is 9.21 Å². The summed E-state index contributed by atoms with van der Waals surface area (Å²) in [6.07, 6.45) is 3.67. The normalized spacial score (nSPS) is 18.4. The van der Waals surface area contributed by atoms with Crippen molar-refractivity contribution in [2.45, 2.75) is 63.4 Å². The van der Waals surface area contributed by atoms with Gasteiger partial charge in [-0.15, -0.1) is 0 Å². The lowest BCUT2D eigenvalue weighted by Gasteiger charge is -2.35. The molecule has 1 aliphatic rings. The number of nitrogens with zero attached hydrogens (tertiary/aromatic N) is 2. The van der Waals surface area contributed by atoms with Gasteiger partial charge in [-0.3, -0.25) is 4.90 Å². The number of piperidine rings is 1. The lowest BCUT2D eigenvalue weighted by atomic mass is 10.0. The average Bonchev–Trinajstić information content (AvgIpc) is 2.73. The number of sulfonamides is 1. The summed E-state index contributed by atoms with van der Waals surface area (Å²) in [4.78, 5) is 2.81. The zero-order valence-electron chi connectivity index (χ0n) is 17.9. The third-order valence-electron chi connectivity index (χ3n) is 5.96. The van der Waals surface area contributed by atoms with Crippen LogP contribution in [0.4, 0.5) is 0 Å². The van der Waals surface area contributed by atoms with Crippen LogP contribution in [0.3, 0.4) is 0 Å². The highest BCUT2D eigenvalue weighted by atomic mass is 32.2. The van der Waals surface area contributed by atoms with Crippen LogP contribution in [0.1, 0.15) is 57.1 Å². The Morgan fingerprint density at radius 1 is 1.03 bits per heavy atom. The fourth-order valence-electron chi connectivity index (χ4n) is 3.97. The lowest BCUT2D eigenvalue weighted by Crippen LogP contribution is -2.43. The van der Waals surface area contributed by atoms with Crippen molar-refractivity contribution in [3.05, 3.63) is 65.7 Å². The van der Waals surface area contributed by atoms with Gasteiger partial charge in [0.25, 0.3) is 0 Å². The highest BCUT2D eigenvalue weighted by molar-refractivity contribution is 7.89. The van der Waals surface area contributed by atoms with E-state index >= 15 is 0 Å². The maximum Gasteiger partial charge on any atom is 0.243 e. The van der Waals surface area contributed by atoms with E-state index in [4.69, 9.17) is 0 Å². The molecule has 0 N–H and O–H groups in total. The molecule has 158 valence electrons. The molecule has 0 amide bonds. The first-order valence-corrected chi connectivity index (χ1v) is 12.2. The molecule has 2 aromatic rings. The predicted molar refractivity (Wildman–Crippen MR) is 119 cm³/mol. The van der Waals surface area contributed by atoms with E-state index in [0.29, 0.717) is 29.9 Å². The van der Waals surface area contributed by atoms with Gasteiger partial charge in [0.05, 0.1) is 4.90 Å². The molecule has 2 aromatic carbocycles. The second-order valence-electron chi connectivity index (χ2n) is 8.43. The molecule has 1 saturated heterocycles. The maximum absolute atomic E-state index is 13.5. The van der Waals surface area contributed by atoms with E-state index in [0.717, 1.165) is 24.2 Å². The van der Waals surface area contributed by atoms with Gasteiger partial charge < -0.3 is 0 Å². The summed E-state index contributed by atoms with van der Waals surface area (Å²) < 4.78 is 28.6. The molecule has 3 rings (SSSR count). The van der Waals surface area contributed by atoms with E-state index in [2.05, 4.69) is 25.7 Å². The number of hydrogen-bond acceptors (Lipinski definition) is 3. The summed E-state index contributed by atoms with van der Waals surface area (Å²) >= 11 is 0. The molecule has 5 heteroatoms. The molecule has 1 unspecified atom stereocenters. The Bertz CT molecular complexity index is 864. The van der Waals surface area contributed by atoms with E-state index in [1.54, 1.807) is 16.4 Å². The van der Waals surface area contributed by atoms with Gasteiger partial charge in [0, 0.05) is 25.7 Å². The van der Waals surface area contributed by atoms with Crippen LogP contribution in [0.5, 0.6) is 0 Å². The van der Waals surface area contributed by atoms with E-state index in [-0.39, 0.29) is 0 Å². The number of hydrogen-bond donors (Lipinski definition) is 0. The zero-order chi connectivity index (χ0) is 20.9. The van der Waals surface area contributed by atoms with Crippen molar-refractivity contribution < 1.29 is 8.42 Å². The summed E-state index contributed by atoms with van der Waals surface area (Å²) in [6, 6.07) is 17.8. The molecule has 1 aliphatic heterocycles. The zero-order valence-corrected chi connectivity index (χ0v) is 18.7. The molecular formula is C24H34N2O2S. The van der Waals surface area contributed by atoms with Crippen molar-refractivity contribution in [1.29, 1.82) is 0 Å². The van der Waals surface area contributed by atoms with Crippen LogP contribution >= 0.6 is 0 Å². The Labute approximate surface area is 176 Å². The minimum Gasteiger partial charge on any atom is -0.299 e. The van der Waals surface area contributed by atoms with Gasteiger partial charge >= 0.3 is 0 Å².